The number of benzene rings is 1. The number of hydrogen-bond acceptors (Lipinski definition) is 4. The molecule has 1 fully saturated rings. The molecule has 0 bridgehead atoms. The van der Waals surface area contributed by atoms with Gasteiger partial charge < -0.3 is 10.1 Å². The van der Waals surface area contributed by atoms with Crippen molar-refractivity contribution in [2.24, 2.45) is 0 Å². The number of amides is 2. The molecule has 1 saturated heterocycles. The molecule has 1 aliphatic rings. The maximum absolute atomic E-state index is 11.7. The normalized spacial score (nSPS) is 19.2. The van der Waals surface area contributed by atoms with Crippen LogP contribution in [0.3, 0.4) is 0 Å². The van der Waals surface area contributed by atoms with E-state index < -0.39 is 0 Å². The summed E-state index contributed by atoms with van der Waals surface area (Å²) in [5.74, 6) is -0.705. The fraction of sp³-hybridized carbons (Fsp3) is 0.308. The molecule has 2 amide bonds. The zero-order valence-corrected chi connectivity index (χ0v) is 9.81. The zero-order valence-electron chi connectivity index (χ0n) is 9.81. The van der Waals surface area contributed by atoms with Crippen LogP contribution in [0.5, 0.6) is 0 Å². The first-order valence-corrected chi connectivity index (χ1v) is 5.82. The summed E-state index contributed by atoms with van der Waals surface area (Å²) in [7, 11) is 0. The minimum atomic E-state index is -0.261. The van der Waals surface area contributed by atoms with E-state index in [2.05, 4.69) is 10.6 Å². The Morgan fingerprint density at radius 3 is 2.61 bits per heavy atom. The van der Waals surface area contributed by atoms with Crippen molar-refractivity contribution in [2.75, 3.05) is 11.9 Å². The molecule has 5 heteroatoms. The Morgan fingerprint density at radius 1 is 1.28 bits per heavy atom. The monoisotopic (exact) mass is 246 g/mol. The summed E-state index contributed by atoms with van der Waals surface area (Å²) in [6.07, 6.45) is 1.71. The number of carbonyl (C=O) groups is 3. The van der Waals surface area contributed by atoms with Crippen molar-refractivity contribution < 1.29 is 14.4 Å². The fourth-order valence-corrected chi connectivity index (χ4v) is 2.00. The van der Waals surface area contributed by atoms with Gasteiger partial charge in [0.05, 0.1) is 12.5 Å². The third-order valence-corrected chi connectivity index (χ3v) is 2.94. The van der Waals surface area contributed by atoms with E-state index in [1.807, 2.05) is 24.3 Å². The lowest BCUT2D eigenvalue weighted by Gasteiger charge is -2.21. The highest BCUT2D eigenvalue weighted by Gasteiger charge is 2.27. The van der Waals surface area contributed by atoms with E-state index in [0.29, 0.717) is 12.8 Å². The molecule has 0 saturated carbocycles. The highest BCUT2D eigenvalue weighted by Crippen LogP contribution is 2.25. The van der Waals surface area contributed by atoms with E-state index in [1.165, 1.54) is 0 Å². The van der Waals surface area contributed by atoms with E-state index in [9.17, 15) is 14.4 Å². The Labute approximate surface area is 105 Å². The predicted octanol–water partition coefficient (Wildman–Crippen LogP) is 0.818. The van der Waals surface area contributed by atoms with Crippen molar-refractivity contribution in [3.05, 3.63) is 29.8 Å². The van der Waals surface area contributed by atoms with Gasteiger partial charge in [-0.3, -0.25) is 14.9 Å². The lowest BCUT2D eigenvalue weighted by molar-refractivity contribution is -0.134. The number of carbonyl (C=O) groups excluding carboxylic acids is 3. The topological polar surface area (TPSA) is 75.3 Å². The van der Waals surface area contributed by atoms with Crippen LogP contribution in [-0.4, -0.2) is 24.6 Å². The molecule has 94 valence electrons. The smallest absolute Gasteiger partial charge is 0.234 e. The maximum Gasteiger partial charge on any atom is 0.234 e. The SMILES string of the molecule is O=CCNc1ccc(C2CCC(=O)NC2=O)cc1. The molecule has 0 radical (unpaired) electrons. The highest BCUT2D eigenvalue weighted by molar-refractivity contribution is 6.00. The van der Waals surface area contributed by atoms with Crippen molar-refractivity contribution in [3.8, 4) is 0 Å². The number of hydrogen-bond donors (Lipinski definition) is 2. The molecular weight excluding hydrogens is 232 g/mol. The molecule has 0 spiro atoms. The molecule has 1 atom stereocenters. The van der Waals surface area contributed by atoms with Gasteiger partial charge in [0.15, 0.2) is 0 Å². The van der Waals surface area contributed by atoms with Crippen molar-refractivity contribution >= 4 is 23.8 Å². The summed E-state index contributed by atoms with van der Waals surface area (Å²) in [6.45, 7) is 0.262. The van der Waals surface area contributed by atoms with Gasteiger partial charge in [0.1, 0.15) is 6.29 Å². The molecule has 2 N–H and O–H groups in total. The summed E-state index contributed by atoms with van der Waals surface area (Å²) in [5, 5.41) is 5.26. The van der Waals surface area contributed by atoms with Gasteiger partial charge in [-0.15, -0.1) is 0 Å². The van der Waals surface area contributed by atoms with E-state index in [1.54, 1.807) is 0 Å². The molecule has 1 aromatic rings. The zero-order chi connectivity index (χ0) is 13.0. The van der Waals surface area contributed by atoms with E-state index in [-0.39, 0.29) is 24.3 Å². The molecule has 1 aromatic carbocycles. The van der Waals surface area contributed by atoms with Gasteiger partial charge in [-0.1, -0.05) is 12.1 Å². The van der Waals surface area contributed by atoms with Crippen molar-refractivity contribution in [1.82, 2.24) is 5.32 Å². The van der Waals surface area contributed by atoms with Crippen molar-refractivity contribution in [2.45, 2.75) is 18.8 Å². The number of anilines is 1. The van der Waals surface area contributed by atoms with E-state index in [4.69, 9.17) is 0 Å². The molecule has 1 aliphatic heterocycles. The van der Waals surface area contributed by atoms with Crippen molar-refractivity contribution in [1.29, 1.82) is 0 Å². The molecule has 1 unspecified atom stereocenters. The molecule has 0 aromatic heterocycles. The predicted molar refractivity (Wildman–Crippen MR) is 66.1 cm³/mol. The van der Waals surface area contributed by atoms with Crippen LogP contribution in [-0.2, 0) is 14.4 Å². The Kier molecular flexibility index (Phi) is 3.72. The standard InChI is InChI=1S/C13H14N2O3/c16-8-7-14-10-3-1-9(2-4-10)11-5-6-12(17)15-13(11)18/h1-4,8,11,14H,5-7H2,(H,15,17,18). The first-order valence-electron chi connectivity index (χ1n) is 5.82. The lowest BCUT2D eigenvalue weighted by Crippen LogP contribution is -2.39. The van der Waals surface area contributed by atoms with E-state index in [0.717, 1.165) is 17.5 Å². The quantitative estimate of drug-likeness (QED) is 0.609. The molecular formula is C13H14N2O3. The molecule has 0 aliphatic carbocycles. The van der Waals surface area contributed by atoms with Crippen LogP contribution in [0, 0.1) is 0 Å². The second-order valence-electron chi connectivity index (χ2n) is 4.17. The second-order valence-corrected chi connectivity index (χ2v) is 4.17. The Bertz CT molecular complexity index is 468. The number of imide groups is 1. The van der Waals surface area contributed by atoms with Gasteiger partial charge in [0.25, 0.3) is 0 Å². The van der Waals surface area contributed by atoms with Crippen LogP contribution in [0.2, 0.25) is 0 Å². The first kappa shape index (κ1) is 12.3. The number of nitrogens with one attached hydrogen (secondary N) is 2. The van der Waals surface area contributed by atoms with Gasteiger partial charge in [-0.05, 0) is 24.1 Å². The van der Waals surface area contributed by atoms with Gasteiger partial charge >= 0.3 is 0 Å². The number of aldehydes is 1. The lowest BCUT2D eigenvalue weighted by atomic mass is 9.90. The Morgan fingerprint density at radius 2 is 2.00 bits per heavy atom. The third-order valence-electron chi connectivity index (χ3n) is 2.94. The van der Waals surface area contributed by atoms with Gasteiger partial charge in [-0.25, -0.2) is 0 Å². The highest BCUT2D eigenvalue weighted by atomic mass is 16.2. The van der Waals surface area contributed by atoms with Gasteiger partial charge in [0, 0.05) is 12.1 Å². The summed E-state index contributed by atoms with van der Waals surface area (Å²) in [4.78, 5) is 32.9. The van der Waals surface area contributed by atoms with Crippen molar-refractivity contribution in [3.63, 3.8) is 0 Å². The van der Waals surface area contributed by atoms with Crippen LogP contribution < -0.4 is 10.6 Å². The summed E-state index contributed by atoms with van der Waals surface area (Å²) >= 11 is 0. The average molecular weight is 246 g/mol. The maximum atomic E-state index is 11.7. The Balaban J connectivity index is 2.07. The second kappa shape index (κ2) is 5.44. The fourth-order valence-electron chi connectivity index (χ4n) is 2.00. The largest absolute Gasteiger partial charge is 0.378 e. The molecule has 2 rings (SSSR count). The number of piperidine rings is 1. The van der Waals surface area contributed by atoms with E-state index >= 15 is 0 Å². The van der Waals surface area contributed by atoms with Crippen LogP contribution in [0.4, 0.5) is 5.69 Å². The van der Waals surface area contributed by atoms with Crippen LogP contribution >= 0.6 is 0 Å². The Hall–Kier alpha value is -2.17. The summed E-state index contributed by atoms with van der Waals surface area (Å²) < 4.78 is 0. The number of rotatable bonds is 4. The molecule has 5 nitrogen and oxygen atoms in total. The van der Waals surface area contributed by atoms with Gasteiger partial charge in [-0.2, -0.15) is 0 Å². The summed E-state index contributed by atoms with van der Waals surface area (Å²) in [5.41, 5.74) is 1.72. The van der Waals surface area contributed by atoms with Gasteiger partial charge in [0.2, 0.25) is 11.8 Å². The minimum absolute atomic E-state index is 0.208. The summed E-state index contributed by atoms with van der Waals surface area (Å²) in [6, 6.07) is 7.32. The molecule has 1 heterocycles. The average Bonchev–Trinajstić information content (AvgIpc) is 2.37. The van der Waals surface area contributed by atoms with Crippen LogP contribution in [0.15, 0.2) is 24.3 Å². The van der Waals surface area contributed by atoms with Crippen LogP contribution in [0.1, 0.15) is 24.3 Å². The first-order chi connectivity index (χ1) is 8.70. The molecule has 18 heavy (non-hydrogen) atoms. The van der Waals surface area contributed by atoms with Crippen LogP contribution in [0.25, 0.3) is 0 Å². The third kappa shape index (κ3) is 2.74. The minimum Gasteiger partial charge on any atom is -0.378 e.